The van der Waals surface area contributed by atoms with E-state index in [0.29, 0.717) is 6.54 Å². The van der Waals surface area contributed by atoms with Crippen molar-refractivity contribution in [1.29, 1.82) is 0 Å². The number of likely N-dealkylation sites (tertiary alicyclic amines) is 1. The molecule has 1 saturated heterocycles. The van der Waals surface area contributed by atoms with Crippen molar-refractivity contribution in [2.24, 2.45) is 0 Å². The molecule has 0 aliphatic carbocycles. The molecule has 1 atom stereocenters. The van der Waals surface area contributed by atoms with E-state index in [1.807, 2.05) is 13.8 Å². The molecule has 5 nitrogen and oxygen atoms in total. The predicted octanol–water partition coefficient (Wildman–Crippen LogP) is 4.30. The summed E-state index contributed by atoms with van der Waals surface area (Å²) in [5.74, 6) is -0.905. The zero-order chi connectivity index (χ0) is 18.3. The van der Waals surface area contributed by atoms with E-state index in [1.54, 1.807) is 12.3 Å². The number of nitrogens with one attached hydrogen (secondary N) is 1. The first-order valence-electron chi connectivity index (χ1n) is 8.69. The van der Waals surface area contributed by atoms with Crippen LogP contribution in [-0.4, -0.2) is 26.8 Å². The number of hydrogen-bond acceptors (Lipinski definition) is 4. The topological polar surface area (TPSA) is 58.0 Å². The van der Waals surface area contributed by atoms with Gasteiger partial charge in [0.15, 0.2) is 17.4 Å². The van der Waals surface area contributed by atoms with Gasteiger partial charge in [-0.15, -0.1) is 0 Å². The number of rotatable bonds is 4. The lowest BCUT2D eigenvalue weighted by atomic mass is 10.0. The molecule has 0 saturated carbocycles. The van der Waals surface area contributed by atoms with E-state index >= 15 is 0 Å². The largest absolute Gasteiger partial charge is 0.356 e. The predicted molar refractivity (Wildman–Crippen MR) is 92.3 cm³/mol. The quantitative estimate of drug-likeness (QED) is 0.756. The summed E-state index contributed by atoms with van der Waals surface area (Å²) in [6.45, 7) is 5.32. The standard InChI is InChI=1S/C19H20F2N4O/c1-11-12(2)24-26-19(11)14-9-22-23-18(14)17-4-3-7-25(17)10-13-5-6-15(20)16(21)8-13/h5-6,8-9,17H,3-4,7,10H2,1-2H3,(H,22,23)/t17-/m0/s1. The van der Waals surface area contributed by atoms with Crippen LogP contribution >= 0.6 is 0 Å². The molecule has 0 amide bonds. The first kappa shape index (κ1) is 16.9. The van der Waals surface area contributed by atoms with Crippen LogP contribution in [0.2, 0.25) is 0 Å². The molecule has 26 heavy (non-hydrogen) atoms. The zero-order valence-electron chi connectivity index (χ0n) is 14.7. The van der Waals surface area contributed by atoms with Crippen molar-refractivity contribution in [1.82, 2.24) is 20.3 Å². The van der Waals surface area contributed by atoms with Crippen molar-refractivity contribution in [3.05, 3.63) is 58.5 Å². The molecule has 0 radical (unpaired) electrons. The number of aromatic amines is 1. The van der Waals surface area contributed by atoms with Crippen molar-refractivity contribution >= 4 is 0 Å². The Kier molecular flexibility index (Phi) is 4.32. The van der Waals surface area contributed by atoms with Gasteiger partial charge in [-0.2, -0.15) is 5.10 Å². The summed E-state index contributed by atoms with van der Waals surface area (Å²) < 4.78 is 32.2. The molecule has 1 N–H and O–H groups in total. The van der Waals surface area contributed by atoms with Crippen LogP contribution in [0.25, 0.3) is 11.3 Å². The summed E-state index contributed by atoms with van der Waals surface area (Å²) in [5.41, 5.74) is 4.49. The third kappa shape index (κ3) is 2.92. The van der Waals surface area contributed by atoms with E-state index < -0.39 is 11.6 Å². The Morgan fingerprint density at radius 2 is 2.12 bits per heavy atom. The van der Waals surface area contributed by atoms with E-state index in [4.69, 9.17) is 4.52 Å². The van der Waals surface area contributed by atoms with Gasteiger partial charge in [0.05, 0.1) is 29.2 Å². The molecule has 3 aromatic rings. The van der Waals surface area contributed by atoms with Crippen molar-refractivity contribution in [3.63, 3.8) is 0 Å². The van der Waals surface area contributed by atoms with Gasteiger partial charge in [0.25, 0.3) is 0 Å². The molecule has 0 bridgehead atoms. The maximum atomic E-state index is 13.5. The number of hydrogen-bond donors (Lipinski definition) is 1. The molecule has 0 unspecified atom stereocenters. The normalized spacial score (nSPS) is 17.9. The Labute approximate surface area is 150 Å². The van der Waals surface area contributed by atoms with Crippen LogP contribution in [-0.2, 0) is 6.54 Å². The smallest absolute Gasteiger partial charge is 0.173 e. The van der Waals surface area contributed by atoms with Crippen LogP contribution in [0.4, 0.5) is 8.78 Å². The zero-order valence-corrected chi connectivity index (χ0v) is 14.7. The molecule has 1 fully saturated rings. The molecule has 7 heteroatoms. The fourth-order valence-electron chi connectivity index (χ4n) is 3.61. The van der Waals surface area contributed by atoms with Crippen LogP contribution in [0.5, 0.6) is 0 Å². The molecule has 0 spiro atoms. The average molecular weight is 358 g/mol. The molecule has 1 aliphatic heterocycles. The molecule has 3 heterocycles. The number of nitrogens with zero attached hydrogens (tertiary/aromatic N) is 3. The highest BCUT2D eigenvalue weighted by Gasteiger charge is 2.31. The second kappa shape index (κ2) is 6.64. The van der Waals surface area contributed by atoms with Crippen molar-refractivity contribution in [2.75, 3.05) is 6.54 Å². The van der Waals surface area contributed by atoms with Gasteiger partial charge >= 0.3 is 0 Å². The average Bonchev–Trinajstić information content (AvgIpc) is 3.33. The van der Waals surface area contributed by atoms with Crippen molar-refractivity contribution in [3.8, 4) is 11.3 Å². The van der Waals surface area contributed by atoms with Crippen molar-refractivity contribution in [2.45, 2.75) is 39.3 Å². The Hall–Kier alpha value is -2.54. The second-order valence-corrected chi connectivity index (χ2v) is 6.80. The summed E-state index contributed by atoms with van der Waals surface area (Å²) in [5, 5.41) is 11.4. The third-order valence-electron chi connectivity index (χ3n) is 5.14. The van der Waals surface area contributed by atoms with Crippen LogP contribution in [0.1, 0.15) is 41.4 Å². The van der Waals surface area contributed by atoms with Gasteiger partial charge in [0.2, 0.25) is 0 Å². The van der Waals surface area contributed by atoms with Gasteiger partial charge in [-0.05, 0) is 50.9 Å². The third-order valence-corrected chi connectivity index (χ3v) is 5.14. The summed E-state index contributed by atoms with van der Waals surface area (Å²) in [4.78, 5) is 2.25. The fourth-order valence-corrected chi connectivity index (χ4v) is 3.61. The summed E-state index contributed by atoms with van der Waals surface area (Å²) in [6.07, 6.45) is 3.75. The highest BCUT2D eigenvalue weighted by Crippen LogP contribution is 2.38. The van der Waals surface area contributed by atoms with Gasteiger partial charge in [-0.1, -0.05) is 11.2 Å². The van der Waals surface area contributed by atoms with E-state index in [-0.39, 0.29) is 6.04 Å². The summed E-state index contributed by atoms with van der Waals surface area (Å²) in [7, 11) is 0. The van der Waals surface area contributed by atoms with Crippen molar-refractivity contribution < 1.29 is 13.3 Å². The van der Waals surface area contributed by atoms with Gasteiger partial charge in [0, 0.05) is 12.1 Å². The molecular weight excluding hydrogens is 338 g/mol. The van der Waals surface area contributed by atoms with E-state index in [0.717, 1.165) is 53.2 Å². The summed E-state index contributed by atoms with van der Waals surface area (Å²) in [6, 6.07) is 4.19. The SMILES string of the molecule is Cc1noc(-c2cn[nH]c2[C@@H]2CCCN2Cc2ccc(F)c(F)c2)c1C. The van der Waals surface area contributed by atoms with Crippen LogP contribution in [0.3, 0.4) is 0 Å². The second-order valence-electron chi connectivity index (χ2n) is 6.80. The lowest BCUT2D eigenvalue weighted by Gasteiger charge is -2.24. The monoisotopic (exact) mass is 358 g/mol. The van der Waals surface area contributed by atoms with E-state index in [2.05, 4.69) is 20.3 Å². The maximum absolute atomic E-state index is 13.5. The van der Waals surface area contributed by atoms with Crippen LogP contribution in [0, 0.1) is 25.5 Å². The van der Waals surface area contributed by atoms with Crippen LogP contribution in [0.15, 0.2) is 28.9 Å². The Morgan fingerprint density at radius 1 is 1.27 bits per heavy atom. The molecular formula is C19H20F2N4O. The molecule has 2 aromatic heterocycles. The minimum atomic E-state index is -0.821. The summed E-state index contributed by atoms with van der Waals surface area (Å²) >= 11 is 0. The highest BCUT2D eigenvalue weighted by molar-refractivity contribution is 5.64. The van der Waals surface area contributed by atoms with Gasteiger partial charge in [-0.25, -0.2) is 8.78 Å². The van der Waals surface area contributed by atoms with Gasteiger partial charge in [0.1, 0.15) is 0 Å². The number of halogens is 2. The van der Waals surface area contributed by atoms with E-state index in [9.17, 15) is 8.78 Å². The number of benzene rings is 1. The highest BCUT2D eigenvalue weighted by atomic mass is 19.2. The first-order valence-corrected chi connectivity index (χ1v) is 8.69. The number of H-pyrrole nitrogens is 1. The fraction of sp³-hybridized carbons (Fsp3) is 0.368. The Bertz CT molecular complexity index is 934. The minimum Gasteiger partial charge on any atom is -0.356 e. The van der Waals surface area contributed by atoms with E-state index in [1.165, 1.54) is 12.1 Å². The molecule has 4 rings (SSSR count). The lowest BCUT2D eigenvalue weighted by molar-refractivity contribution is 0.244. The lowest BCUT2D eigenvalue weighted by Crippen LogP contribution is -2.23. The maximum Gasteiger partial charge on any atom is 0.173 e. The number of aromatic nitrogens is 3. The molecule has 136 valence electrons. The van der Waals surface area contributed by atoms with Gasteiger partial charge < -0.3 is 4.52 Å². The first-order chi connectivity index (χ1) is 12.5. The van der Waals surface area contributed by atoms with Crippen LogP contribution < -0.4 is 0 Å². The Balaban J connectivity index is 1.62. The molecule has 1 aromatic carbocycles. The minimum absolute atomic E-state index is 0.116. The van der Waals surface area contributed by atoms with Gasteiger partial charge in [-0.3, -0.25) is 10.00 Å². The molecule has 1 aliphatic rings. The Morgan fingerprint density at radius 3 is 2.85 bits per heavy atom. The number of aryl methyl sites for hydroxylation is 1.